The van der Waals surface area contributed by atoms with Gasteiger partial charge < -0.3 is 10.1 Å². The first-order valence-electron chi connectivity index (χ1n) is 7.25. The number of hydrogen-bond acceptors (Lipinski definition) is 2. The molecule has 2 rings (SSSR count). The van der Waals surface area contributed by atoms with Crippen LogP contribution in [0, 0.1) is 11.3 Å². The normalized spacial score (nSPS) is 37.6. The molecular weight excluding hydrogens is 210 g/mol. The van der Waals surface area contributed by atoms with Gasteiger partial charge >= 0.3 is 0 Å². The van der Waals surface area contributed by atoms with Crippen LogP contribution in [0.3, 0.4) is 0 Å². The second-order valence-electron chi connectivity index (χ2n) is 7.26. The van der Waals surface area contributed by atoms with E-state index in [0.29, 0.717) is 17.6 Å². The van der Waals surface area contributed by atoms with Crippen LogP contribution in [0.25, 0.3) is 0 Å². The maximum absolute atomic E-state index is 6.21. The number of ether oxygens (including phenoxy) is 1. The Bertz CT molecular complexity index is 272. The summed E-state index contributed by atoms with van der Waals surface area (Å²) in [6.45, 7) is 12.5. The first-order valence-corrected chi connectivity index (χ1v) is 7.25. The van der Waals surface area contributed by atoms with Gasteiger partial charge in [-0.25, -0.2) is 0 Å². The Labute approximate surface area is 107 Å². The average Bonchev–Trinajstić information content (AvgIpc) is 2.27. The van der Waals surface area contributed by atoms with E-state index in [0.717, 1.165) is 12.5 Å². The molecule has 3 unspecified atom stereocenters. The summed E-state index contributed by atoms with van der Waals surface area (Å²) in [4.78, 5) is 0. The Balaban J connectivity index is 1.98. The molecule has 2 nitrogen and oxygen atoms in total. The molecule has 2 aliphatic rings. The zero-order valence-electron chi connectivity index (χ0n) is 12.2. The van der Waals surface area contributed by atoms with E-state index in [1.54, 1.807) is 0 Å². The molecular formula is C15H29NO. The molecule has 0 aromatic heterocycles. The molecule has 0 bridgehead atoms. The lowest BCUT2D eigenvalue weighted by atomic mass is 9.67. The van der Waals surface area contributed by atoms with E-state index in [4.69, 9.17) is 4.74 Å². The van der Waals surface area contributed by atoms with Crippen molar-refractivity contribution in [3.05, 3.63) is 0 Å². The maximum atomic E-state index is 6.21. The van der Waals surface area contributed by atoms with Crippen molar-refractivity contribution in [1.82, 2.24) is 5.32 Å². The largest absolute Gasteiger partial charge is 0.369 e. The van der Waals surface area contributed by atoms with E-state index in [1.807, 2.05) is 0 Å². The minimum absolute atomic E-state index is 0.0221. The smallest absolute Gasteiger partial charge is 0.0755 e. The van der Waals surface area contributed by atoms with E-state index in [-0.39, 0.29) is 5.60 Å². The van der Waals surface area contributed by atoms with Crippen LogP contribution >= 0.6 is 0 Å². The SMILES string of the molecule is CCC(C)(C)C1CCC2OC(C)(C)CNC2C1. The van der Waals surface area contributed by atoms with Crippen molar-refractivity contribution < 1.29 is 4.74 Å². The standard InChI is InChI=1S/C15H29NO/c1-6-14(2,3)11-7-8-13-12(9-11)16-10-15(4,5)17-13/h11-13,16H,6-10H2,1-5H3. The van der Waals surface area contributed by atoms with Gasteiger partial charge in [0, 0.05) is 12.6 Å². The second kappa shape index (κ2) is 4.55. The quantitative estimate of drug-likeness (QED) is 0.798. The monoisotopic (exact) mass is 239 g/mol. The molecule has 0 spiro atoms. The zero-order chi connectivity index (χ0) is 12.7. The number of rotatable bonds is 2. The van der Waals surface area contributed by atoms with Gasteiger partial charge in [-0.2, -0.15) is 0 Å². The molecule has 1 aliphatic carbocycles. The van der Waals surface area contributed by atoms with Gasteiger partial charge in [-0.3, -0.25) is 0 Å². The predicted molar refractivity (Wildman–Crippen MR) is 72.2 cm³/mol. The van der Waals surface area contributed by atoms with Crippen LogP contribution in [0.2, 0.25) is 0 Å². The summed E-state index contributed by atoms with van der Waals surface area (Å²) in [6.07, 6.45) is 5.58. The maximum Gasteiger partial charge on any atom is 0.0755 e. The van der Waals surface area contributed by atoms with Gasteiger partial charge in [0.15, 0.2) is 0 Å². The fourth-order valence-corrected chi connectivity index (χ4v) is 3.33. The highest BCUT2D eigenvalue weighted by molar-refractivity contribution is 4.96. The third kappa shape index (κ3) is 2.85. The van der Waals surface area contributed by atoms with Crippen LogP contribution in [0.4, 0.5) is 0 Å². The molecule has 0 aromatic carbocycles. The molecule has 100 valence electrons. The topological polar surface area (TPSA) is 21.3 Å². The molecule has 1 heterocycles. The molecule has 0 radical (unpaired) electrons. The third-order valence-electron chi connectivity index (χ3n) is 5.06. The van der Waals surface area contributed by atoms with Gasteiger partial charge in [0.05, 0.1) is 11.7 Å². The molecule has 1 N–H and O–H groups in total. The lowest BCUT2D eigenvalue weighted by molar-refractivity contribution is -0.137. The van der Waals surface area contributed by atoms with Crippen molar-refractivity contribution in [2.45, 2.75) is 78.0 Å². The first-order chi connectivity index (χ1) is 7.84. The van der Waals surface area contributed by atoms with Gasteiger partial charge in [-0.15, -0.1) is 0 Å². The fourth-order valence-electron chi connectivity index (χ4n) is 3.33. The Morgan fingerprint density at radius 3 is 2.65 bits per heavy atom. The molecule has 0 amide bonds. The second-order valence-corrected chi connectivity index (χ2v) is 7.26. The summed E-state index contributed by atoms with van der Waals surface area (Å²) in [5.74, 6) is 0.853. The molecule has 17 heavy (non-hydrogen) atoms. The number of nitrogens with one attached hydrogen (secondary N) is 1. The van der Waals surface area contributed by atoms with Gasteiger partial charge in [0.1, 0.15) is 0 Å². The third-order valence-corrected chi connectivity index (χ3v) is 5.06. The van der Waals surface area contributed by atoms with Crippen LogP contribution in [-0.2, 0) is 4.74 Å². The molecule has 1 saturated carbocycles. The van der Waals surface area contributed by atoms with E-state index in [9.17, 15) is 0 Å². The Hall–Kier alpha value is -0.0800. The molecule has 2 heteroatoms. The predicted octanol–water partition coefficient (Wildman–Crippen LogP) is 3.36. The van der Waals surface area contributed by atoms with E-state index in [1.165, 1.54) is 25.7 Å². The Morgan fingerprint density at radius 1 is 1.29 bits per heavy atom. The van der Waals surface area contributed by atoms with E-state index in [2.05, 4.69) is 39.9 Å². The minimum atomic E-state index is 0.0221. The summed E-state index contributed by atoms with van der Waals surface area (Å²) >= 11 is 0. The van der Waals surface area contributed by atoms with Gasteiger partial charge in [0.2, 0.25) is 0 Å². The molecule has 3 atom stereocenters. The van der Waals surface area contributed by atoms with E-state index >= 15 is 0 Å². The number of morpholine rings is 1. The van der Waals surface area contributed by atoms with Gasteiger partial charge in [0.25, 0.3) is 0 Å². The summed E-state index contributed by atoms with van der Waals surface area (Å²) in [6, 6.07) is 0.590. The van der Waals surface area contributed by atoms with Crippen LogP contribution in [-0.4, -0.2) is 24.3 Å². The lowest BCUT2D eigenvalue weighted by Gasteiger charge is -2.49. The zero-order valence-corrected chi connectivity index (χ0v) is 12.2. The lowest BCUT2D eigenvalue weighted by Crippen LogP contribution is -2.59. The van der Waals surface area contributed by atoms with Gasteiger partial charge in [-0.05, 0) is 44.4 Å². The summed E-state index contributed by atoms with van der Waals surface area (Å²) < 4.78 is 6.21. The highest BCUT2D eigenvalue weighted by atomic mass is 16.5. The van der Waals surface area contributed by atoms with Crippen molar-refractivity contribution in [2.75, 3.05) is 6.54 Å². The highest BCUT2D eigenvalue weighted by Crippen LogP contribution is 2.42. The Kier molecular flexibility index (Phi) is 3.57. The number of fused-ring (bicyclic) bond motifs is 1. The van der Waals surface area contributed by atoms with Crippen molar-refractivity contribution in [1.29, 1.82) is 0 Å². The average molecular weight is 239 g/mol. The number of hydrogen-bond donors (Lipinski definition) is 1. The minimum Gasteiger partial charge on any atom is -0.369 e. The van der Waals surface area contributed by atoms with Crippen LogP contribution in [0.1, 0.15) is 60.3 Å². The fraction of sp³-hybridized carbons (Fsp3) is 1.00. The van der Waals surface area contributed by atoms with Crippen molar-refractivity contribution in [3.8, 4) is 0 Å². The summed E-state index contributed by atoms with van der Waals surface area (Å²) in [5, 5.41) is 3.71. The van der Waals surface area contributed by atoms with Crippen LogP contribution in [0.5, 0.6) is 0 Å². The summed E-state index contributed by atoms with van der Waals surface area (Å²) in [7, 11) is 0. The molecule has 1 saturated heterocycles. The molecule has 1 aliphatic heterocycles. The van der Waals surface area contributed by atoms with E-state index < -0.39 is 0 Å². The molecule has 0 aromatic rings. The van der Waals surface area contributed by atoms with Crippen molar-refractivity contribution in [3.63, 3.8) is 0 Å². The Morgan fingerprint density at radius 2 is 2.00 bits per heavy atom. The molecule has 2 fully saturated rings. The van der Waals surface area contributed by atoms with Crippen molar-refractivity contribution >= 4 is 0 Å². The van der Waals surface area contributed by atoms with Crippen LogP contribution in [0.15, 0.2) is 0 Å². The van der Waals surface area contributed by atoms with Gasteiger partial charge in [-0.1, -0.05) is 27.2 Å². The first kappa shape index (κ1) is 13.4. The summed E-state index contributed by atoms with van der Waals surface area (Å²) in [5.41, 5.74) is 0.508. The van der Waals surface area contributed by atoms with Crippen molar-refractivity contribution in [2.24, 2.45) is 11.3 Å². The van der Waals surface area contributed by atoms with Crippen LogP contribution < -0.4 is 5.32 Å². The highest BCUT2D eigenvalue weighted by Gasteiger charge is 2.42.